The summed E-state index contributed by atoms with van der Waals surface area (Å²) in [5.41, 5.74) is 3.07. The van der Waals surface area contributed by atoms with Crippen LogP contribution >= 0.6 is 27.3 Å². The topological polar surface area (TPSA) is 56.0 Å². The minimum absolute atomic E-state index is 0.137. The summed E-state index contributed by atoms with van der Waals surface area (Å²) in [5, 5.41) is 10.0. The summed E-state index contributed by atoms with van der Waals surface area (Å²) in [4.78, 5) is 13.7. The molecule has 19 heavy (non-hydrogen) atoms. The Hall–Kier alpha value is -1.79. The third-order valence-corrected chi connectivity index (χ3v) is 3.55. The molecule has 1 aromatic heterocycles. The van der Waals surface area contributed by atoms with Crippen LogP contribution in [0.1, 0.15) is 0 Å². The number of para-hydroxylation sites is 1. The molecule has 0 N–H and O–H groups in total. The van der Waals surface area contributed by atoms with E-state index in [2.05, 4.69) is 27.0 Å². The standard InChI is InChI=1S/C7H4BrNS.C6H5NO2/c8-5-1-2-6-7(3-5)10-4-9-6;8-7(9)6-4-2-1-3-5-6/h1-4H;1-5H. The van der Waals surface area contributed by atoms with E-state index in [9.17, 15) is 10.1 Å². The van der Waals surface area contributed by atoms with Gasteiger partial charge in [-0.3, -0.25) is 10.1 Å². The lowest BCUT2D eigenvalue weighted by Crippen LogP contribution is -1.84. The number of nitro benzene ring substituents is 1. The molecule has 4 nitrogen and oxygen atoms in total. The number of fused-ring (bicyclic) bond motifs is 1. The SMILES string of the molecule is Brc1ccc2ncsc2c1.O=[N+]([O-])c1ccccc1. The van der Waals surface area contributed by atoms with Gasteiger partial charge in [0.1, 0.15) is 0 Å². The normalized spacial score (nSPS) is 9.74. The van der Waals surface area contributed by atoms with Crippen molar-refractivity contribution in [3.63, 3.8) is 0 Å². The van der Waals surface area contributed by atoms with E-state index in [0.29, 0.717) is 0 Å². The first-order chi connectivity index (χ1) is 9.16. The largest absolute Gasteiger partial charge is 0.269 e. The van der Waals surface area contributed by atoms with Gasteiger partial charge in [-0.1, -0.05) is 34.1 Å². The third-order valence-electron chi connectivity index (χ3n) is 2.26. The number of hydrogen-bond donors (Lipinski definition) is 0. The van der Waals surface area contributed by atoms with Crippen LogP contribution in [0.3, 0.4) is 0 Å². The molecule has 0 bridgehead atoms. The van der Waals surface area contributed by atoms with Crippen LogP contribution in [0.15, 0.2) is 58.5 Å². The van der Waals surface area contributed by atoms with E-state index in [-0.39, 0.29) is 5.69 Å². The third kappa shape index (κ3) is 3.84. The van der Waals surface area contributed by atoms with E-state index in [1.54, 1.807) is 29.5 Å². The number of nitro groups is 1. The van der Waals surface area contributed by atoms with Crippen LogP contribution in [-0.2, 0) is 0 Å². The highest BCUT2D eigenvalue weighted by Crippen LogP contribution is 2.21. The Morgan fingerprint density at radius 1 is 1.16 bits per heavy atom. The summed E-state index contributed by atoms with van der Waals surface area (Å²) in [6, 6.07) is 14.0. The zero-order valence-corrected chi connectivity index (χ0v) is 12.1. The summed E-state index contributed by atoms with van der Waals surface area (Å²) in [6.07, 6.45) is 0. The van der Waals surface area contributed by atoms with Crippen molar-refractivity contribution in [3.05, 3.63) is 68.6 Å². The van der Waals surface area contributed by atoms with Gasteiger partial charge in [0.2, 0.25) is 0 Å². The first-order valence-corrected chi connectivity index (χ1v) is 7.02. The summed E-state index contributed by atoms with van der Waals surface area (Å²) >= 11 is 5.06. The van der Waals surface area contributed by atoms with Crippen molar-refractivity contribution in [1.29, 1.82) is 0 Å². The zero-order valence-electron chi connectivity index (χ0n) is 9.69. The minimum atomic E-state index is -0.417. The fourth-order valence-electron chi connectivity index (χ4n) is 1.38. The van der Waals surface area contributed by atoms with Crippen LogP contribution in [0.4, 0.5) is 5.69 Å². The lowest BCUT2D eigenvalue weighted by molar-refractivity contribution is -0.384. The van der Waals surface area contributed by atoms with Gasteiger partial charge in [-0.05, 0) is 18.2 Å². The quantitative estimate of drug-likeness (QED) is 0.480. The molecule has 3 aromatic rings. The van der Waals surface area contributed by atoms with Gasteiger partial charge in [-0.25, -0.2) is 4.98 Å². The number of aromatic nitrogens is 1. The van der Waals surface area contributed by atoms with Gasteiger partial charge in [-0.2, -0.15) is 0 Å². The molecule has 6 heteroatoms. The van der Waals surface area contributed by atoms with Crippen LogP contribution in [0, 0.1) is 10.1 Å². The number of thiazole rings is 1. The Labute approximate surface area is 122 Å². The molecule has 1 heterocycles. The molecule has 0 saturated heterocycles. The van der Waals surface area contributed by atoms with E-state index in [1.807, 2.05) is 17.6 Å². The second-order valence-electron chi connectivity index (χ2n) is 3.56. The number of non-ortho nitro benzene ring substituents is 1. The van der Waals surface area contributed by atoms with Crippen LogP contribution in [0.5, 0.6) is 0 Å². The predicted octanol–water partition coefficient (Wildman–Crippen LogP) is 4.65. The lowest BCUT2D eigenvalue weighted by atomic mass is 10.3. The number of rotatable bonds is 1. The van der Waals surface area contributed by atoms with E-state index in [0.717, 1.165) is 9.99 Å². The smallest absolute Gasteiger partial charge is 0.258 e. The monoisotopic (exact) mass is 336 g/mol. The minimum Gasteiger partial charge on any atom is -0.258 e. The van der Waals surface area contributed by atoms with Crippen LogP contribution < -0.4 is 0 Å². The Balaban J connectivity index is 0.000000141. The molecule has 2 aromatic carbocycles. The van der Waals surface area contributed by atoms with Crippen molar-refractivity contribution < 1.29 is 4.92 Å². The first kappa shape index (κ1) is 13.6. The van der Waals surface area contributed by atoms with Crippen LogP contribution in [0.25, 0.3) is 10.2 Å². The van der Waals surface area contributed by atoms with Gasteiger partial charge in [-0.15, -0.1) is 11.3 Å². The van der Waals surface area contributed by atoms with Crippen molar-refractivity contribution >= 4 is 43.2 Å². The van der Waals surface area contributed by atoms with E-state index >= 15 is 0 Å². The molecule has 0 spiro atoms. The van der Waals surface area contributed by atoms with Gasteiger partial charge >= 0.3 is 0 Å². The molecule has 96 valence electrons. The van der Waals surface area contributed by atoms with Crippen LogP contribution in [0.2, 0.25) is 0 Å². The molecule has 0 saturated carbocycles. The molecule has 0 aliphatic heterocycles. The van der Waals surface area contributed by atoms with E-state index in [4.69, 9.17) is 0 Å². The summed E-state index contributed by atoms with van der Waals surface area (Å²) in [7, 11) is 0. The van der Waals surface area contributed by atoms with E-state index < -0.39 is 4.92 Å². The van der Waals surface area contributed by atoms with Gasteiger partial charge in [0, 0.05) is 16.6 Å². The highest BCUT2D eigenvalue weighted by Gasteiger charge is 1.98. The Kier molecular flexibility index (Phi) is 4.59. The molecular formula is C13H9BrN2O2S. The van der Waals surface area contributed by atoms with Gasteiger partial charge in [0.15, 0.2) is 0 Å². The maximum atomic E-state index is 10.0. The maximum absolute atomic E-state index is 10.0. The molecular weight excluding hydrogens is 328 g/mol. The molecule has 0 aliphatic carbocycles. The molecule has 0 amide bonds. The summed E-state index contributed by atoms with van der Waals surface area (Å²) in [5.74, 6) is 0. The second-order valence-corrected chi connectivity index (χ2v) is 5.36. The molecule has 0 fully saturated rings. The van der Waals surface area contributed by atoms with Crippen molar-refractivity contribution in [2.75, 3.05) is 0 Å². The maximum Gasteiger partial charge on any atom is 0.269 e. The molecule has 0 aliphatic rings. The number of benzene rings is 2. The average molecular weight is 337 g/mol. The number of nitrogens with zero attached hydrogens (tertiary/aromatic N) is 2. The molecule has 3 rings (SSSR count). The Morgan fingerprint density at radius 3 is 2.53 bits per heavy atom. The average Bonchev–Trinajstić information content (AvgIpc) is 2.87. The van der Waals surface area contributed by atoms with Crippen molar-refractivity contribution in [2.45, 2.75) is 0 Å². The fourth-order valence-corrected chi connectivity index (χ4v) is 2.61. The molecule has 0 atom stereocenters. The Bertz CT molecular complexity index is 685. The van der Waals surface area contributed by atoms with Gasteiger partial charge in [0.05, 0.1) is 20.7 Å². The van der Waals surface area contributed by atoms with Gasteiger partial charge in [0.25, 0.3) is 5.69 Å². The number of hydrogen-bond acceptors (Lipinski definition) is 4. The molecule has 0 unspecified atom stereocenters. The highest BCUT2D eigenvalue weighted by molar-refractivity contribution is 9.10. The van der Waals surface area contributed by atoms with Crippen molar-refractivity contribution in [1.82, 2.24) is 4.98 Å². The van der Waals surface area contributed by atoms with E-state index in [1.165, 1.54) is 16.8 Å². The van der Waals surface area contributed by atoms with Gasteiger partial charge < -0.3 is 0 Å². The number of halogens is 1. The zero-order chi connectivity index (χ0) is 13.7. The lowest BCUT2D eigenvalue weighted by Gasteiger charge is -1.87. The summed E-state index contributed by atoms with van der Waals surface area (Å²) in [6.45, 7) is 0. The highest BCUT2D eigenvalue weighted by atomic mass is 79.9. The fraction of sp³-hybridized carbons (Fsp3) is 0. The second kappa shape index (κ2) is 6.40. The summed E-state index contributed by atoms with van der Waals surface area (Å²) < 4.78 is 2.35. The van der Waals surface area contributed by atoms with Crippen molar-refractivity contribution in [2.24, 2.45) is 0 Å². The van der Waals surface area contributed by atoms with Crippen LogP contribution in [-0.4, -0.2) is 9.91 Å². The first-order valence-electron chi connectivity index (χ1n) is 5.35. The molecule has 0 radical (unpaired) electrons. The Morgan fingerprint density at radius 2 is 1.89 bits per heavy atom. The predicted molar refractivity (Wildman–Crippen MR) is 80.4 cm³/mol. The van der Waals surface area contributed by atoms with Crippen molar-refractivity contribution in [3.8, 4) is 0 Å².